The smallest absolute Gasteiger partial charge is 0.144 e. The molecule has 0 amide bonds. The van der Waals surface area contributed by atoms with Crippen molar-refractivity contribution in [1.82, 2.24) is 9.88 Å². The summed E-state index contributed by atoms with van der Waals surface area (Å²) < 4.78 is 0. The molecule has 3 N–H and O–H groups in total. The topological polar surface area (TPSA) is 74.7 Å². The number of oxime groups is 1. The normalized spacial score (nSPS) is 12.9. The molecule has 19 heavy (non-hydrogen) atoms. The number of hydrogen-bond donors (Lipinski definition) is 2. The quantitative estimate of drug-likeness (QED) is 0.342. The van der Waals surface area contributed by atoms with Gasteiger partial charge in [0.25, 0.3) is 0 Å². The third-order valence-electron chi connectivity index (χ3n) is 3.32. The monoisotopic (exact) mass is 264 g/mol. The van der Waals surface area contributed by atoms with E-state index >= 15 is 0 Å². The SMILES string of the molecule is CN(CCCC(C)(C)C(N)=NO)Cc1cccnc1. The van der Waals surface area contributed by atoms with Gasteiger partial charge >= 0.3 is 0 Å². The van der Waals surface area contributed by atoms with E-state index in [0.717, 1.165) is 25.9 Å². The molecule has 1 aromatic heterocycles. The van der Waals surface area contributed by atoms with Gasteiger partial charge in [-0.25, -0.2) is 0 Å². The fraction of sp³-hybridized carbons (Fsp3) is 0.571. The van der Waals surface area contributed by atoms with Crippen molar-refractivity contribution in [2.45, 2.75) is 33.2 Å². The lowest BCUT2D eigenvalue weighted by atomic mass is 9.86. The summed E-state index contributed by atoms with van der Waals surface area (Å²) in [5, 5.41) is 11.8. The highest BCUT2D eigenvalue weighted by Gasteiger charge is 2.22. The van der Waals surface area contributed by atoms with Gasteiger partial charge in [-0.2, -0.15) is 0 Å². The predicted molar refractivity (Wildman–Crippen MR) is 77.0 cm³/mol. The highest BCUT2D eigenvalue weighted by atomic mass is 16.4. The van der Waals surface area contributed by atoms with Gasteiger partial charge in [0.15, 0.2) is 0 Å². The van der Waals surface area contributed by atoms with Gasteiger partial charge in [-0.1, -0.05) is 25.1 Å². The van der Waals surface area contributed by atoms with Gasteiger partial charge in [0.05, 0.1) is 0 Å². The second-order valence-corrected chi connectivity index (χ2v) is 5.57. The first-order valence-corrected chi connectivity index (χ1v) is 6.51. The van der Waals surface area contributed by atoms with Gasteiger partial charge in [-0.15, -0.1) is 0 Å². The second-order valence-electron chi connectivity index (χ2n) is 5.57. The third-order valence-corrected chi connectivity index (χ3v) is 3.32. The van der Waals surface area contributed by atoms with Crippen LogP contribution in [0.3, 0.4) is 0 Å². The highest BCUT2D eigenvalue weighted by molar-refractivity contribution is 5.85. The summed E-state index contributed by atoms with van der Waals surface area (Å²) >= 11 is 0. The van der Waals surface area contributed by atoms with E-state index in [0.29, 0.717) is 5.84 Å². The van der Waals surface area contributed by atoms with E-state index in [1.165, 1.54) is 5.56 Å². The number of nitrogens with two attached hydrogens (primary N) is 1. The Labute approximate surface area is 115 Å². The minimum atomic E-state index is -0.260. The van der Waals surface area contributed by atoms with Gasteiger partial charge < -0.3 is 15.8 Å². The zero-order valence-electron chi connectivity index (χ0n) is 12.0. The van der Waals surface area contributed by atoms with E-state index in [9.17, 15) is 0 Å². The first-order valence-electron chi connectivity index (χ1n) is 6.51. The summed E-state index contributed by atoms with van der Waals surface area (Å²) in [6, 6.07) is 4.02. The van der Waals surface area contributed by atoms with Crippen molar-refractivity contribution >= 4 is 5.84 Å². The Balaban J connectivity index is 2.33. The van der Waals surface area contributed by atoms with Crippen LogP contribution in [0.25, 0.3) is 0 Å². The molecular weight excluding hydrogens is 240 g/mol. The second kappa shape index (κ2) is 7.09. The van der Waals surface area contributed by atoms with Crippen LogP contribution in [-0.2, 0) is 6.54 Å². The fourth-order valence-electron chi connectivity index (χ4n) is 1.94. The van der Waals surface area contributed by atoms with Crippen LogP contribution in [0.15, 0.2) is 29.7 Å². The molecule has 0 saturated carbocycles. The van der Waals surface area contributed by atoms with Crippen LogP contribution in [0.4, 0.5) is 0 Å². The van der Waals surface area contributed by atoms with Gasteiger partial charge in [0.2, 0.25) is 0 Å². The van der Waals surface area contributed by atoms with Crippen LogP contribution in [0.1, 0.15) is 32.3 Å². The molecule has 0 aromatic carbocycles. The standard InChI is InChI=1S/C14H24N4O/c1-14(2,13(15)17-19)7-5-9-18(3)11-12-6-4-8-16-10-12/h4,6,8,10,19H,5,7,9,11H2,1-3H3,(H2,15,17). The molecule has 0 saturated heterocycles. The Bertz CT molecular complexity index is 403. The van der Waals surface area contributed by atoms with E-state index in [-0.39, 0.29) is 5.41 Å². The zero-order chi connectivity index (χ0) is 14.3. The first-order chi connectivity index (χ1) is 8.95. The van der Waals surface area contributed by atoms with E-state index in [1.807, 2.05) is 26.1 Å². The van der Waals surface area contributed by atoms with Crippen molar-refractivity contribution in [1.29, 1.82) is 0 Å². The number of amidine groups is 1. The fourth-order valence-corrected chi connectivity index (χ4v) is 1.94. The van der Waals surface area contributed by atoms with Crippen molar-refractivity contribution in [3.8, 4) is 0 Å². The molecule has 5 heteroatoms. The van der Waals surface area contributed by atoms with Crippen molar-refractivity contribution < 1.29 is 5.21 Å². The molecule has 0 aliphatic carbocycles. The average Bonchev–Trinajstić information content (AvgIpc) is 2.38. The Hall–Kier alpha value is -1.62. The summed E-state index contributed by atoms with van der Waals surface area (Å²) in [6.07, 6.45) is 5.56. The molecule has 0 unspecified atom stereocenters. The molecule has 0 aliphatic heterocycles. The van der Waals surface area contributed by atoms with E-state index in [2.05, 4.69) is 28.2 Å². The minimum Gasteiger partial charge on any atom is -0.409 e. The Morgan fingerprint density at radius 2 is 2.26 bits per heavy atom. The molecule has 0 aliphatic rings. The summed E-state index contributed by atoms with van der Waals surface area (Å²) in [5.41, 5.74) is 6.62. The number of hydrogen-bond acceptors (Lipinski definition) is 4. The number of nitrogens with zero attached hydrogens (tertiary/aromatic N) is 3. The molecule has 0 bridgehead atoms. The van der Waals surface area contributed by atoms with Crippen molar-refractivity contribution in [2.24, 2.45) is 16.3 Å². The van der Waals surface area contributed by atoms with Gasteiger partial charge in [0, 0.05) is 24.4 Å². The molecule has 0 spiro atoms. The van der Waals surface area contributed by atoms with Gasteiger partial charge in [-0.3, -0.25) is 4.98 Å². The molecule has 1 aromatic rings. The summed E-state index contributed by atoms with van der Waals surface area (Å²) in [7, 11) is 2.09. The van der Waals surface area contributed by atoms with Crippen LogP contribution in [0.5, 0.6) is 0 Å². The largest absolute Gasteiger partial charge is 0.409 e. The van der Waals surface area contributed by atoms with Crippen LogP contribution in [0.2, 0.25) is 0 Å². The maximum absolute atomic E-state index is 8.72. The highest BCUT2D eigenvalue weighted by Crippen LogP contribution is 2.22. The summed E-state index contributed by atoms with van der Waals surface area (Å²) in [5.74, 6) is 0.294. The molecule has 0 radical (unpaired) electrons. The third kappa shape index (κ3) is 5.26. The van der Waals surface area contributed by atoms with Crippen LogP contribution >= 0.6 is 0 Å². The molecule has 1 rings (SSSR count). The first kappa shape index (κ1) is 15.4. The van der Waals surface area contributed by atoms with Crippen molar-refractivity contribution in [3.63, 3.8) is 0 Å². The van der Waals surface area contributed by atoms with E-state index < -0.39 is 0 Å². The Morgan fingerprint density at radius 3 is 2.84 bits per heavy atom. The molecule has 106 valence electrons. The van der Waals surface area contributed by atoms with Crippen molar-refractivity contribution in [2.75, 3.05) is 13.6 Å². The molecule has 0 fully saturated rings. The lowest BCUT2D eigenvalue weighted by molar-refractivity contribution is 0.287. The lowest BCUT2D eigenvalue weighted by Gasteiger charge is -2.24. The number of rotatable bonds is 7. The van der Waals surface area contributed by atoms with Crippen LogP contribution in [-0.4, -0.2) is 34.5 Å². The Morgan fingerprint density at radius 1 is 1.53 bits per heavy atom. The molecular formula is C14H24N4O. The molecule has 5 nitrogen and oxygen atoms in total. The molecule has 0 atom stereocenters. The van der Waals surface area contributed by atoms with E-state index in [1.54, 1.807) is 6.20 Å². The minimum absolute atomic E-state index is 0.260. The maximum atomic E-state index is 8.72. The Kier molecular flexibility index (Phi) is 5.76. The van der Waals surface area contributed by atoms with Gasteiger partial charge in [-0.05, 0) is 38.1 Å². The summed E-state index contributed by atoms with van der Waals surface area (Å²) in [4.78, 5) is 6.35. The van der Waals surface area contributed by atoms with Crippen LogP contribution in [0, 0.1) is 5.41 Å². The summed E-state index contributed by atoms with van der Waals surface area (Å²) in [6.45, 7) is 5.83. The van der Waals surface area contributed by atoms with Crippen LogP contribution < -0.4 is 5.73 Å². The maximum Gasteiger partial charge on any atom is 0.144 e. The predicted octanol–water partition coefficient (Wildman–Crippen LogP) is 2.07. The van der Waals surface area contributed by atoms with Gasteiger partial charge in [0.1, 0.15) is 5.84 Å². The lowest BCUT2D eigenvalue weighted by Crippen LogP contribution is -2.32. The van der Waals surface area contributed by atoms with E-state index in [4.69, 9.17) is 10.9 Å². The molecule has 1 heterocycles. The van der Waals surface area contributed by atoms with Crippen molar-refractivity contribution in [3.05, 3.63) is 30.1 Å². The number of pyridine rings is 1. The number of aromatic nitrogens is 1. The zero-order valence-corrected chi connectivity index (χ0v) is 12.0. The average molecular weight is 264 g/mol.